The van der Waals surface area contributed by atoms with Crippen molar-refractivity contribution in [2.45, 2.75) is 37.4 Å². The Morgan fingerprint density at radius 2 is 1.84 bits per heavy atom. The fourth-order valence-electron chi connectivity index (χ4n) is 5.79. The molecule has 2 aromatic carbocycles. The largest absolute Gasteiger partial charge is 0.394 e. The summed E-state index contributed by atoms with van der Waals surface area (Å²) >= 11 is 1.53. The molecule has 0 radical (unpaired) electrons. The molecule has 5 heterocycles. The van der Waals surface area contributed by atoms with Crippen molar-refractivity contribution in [2.24, 2.45) is 0 Å². The van der Waals surface area contributed by atoms with Crippen LogP contribution in [0.25, 0.3) is 27.2 Å². The standard InChI is InChI=1S/C28H28F2N8O5S/c1-14-33-19-3-2-16(10-22(19)44-14)38-28(31-13-32-38)27-26(41)24(25(40)21(12-39)43-27)37-11-20(34-35-37)15-8-17(29)23(18(30)9-15)36-4-6-42-7-5-36/h2-3,8-11,13,21,24-27,39-41H,4-7,12H2,1H3/t21-,24+,25+,26-,27-/m1/s1. The Hall–Kier alpha value is -3.93. The number of nitrogens with zero attached hydrogens (tertiary/aromatic N) is 8. The molecule has 0 amide bonds. The van der Waals surface area contributed by atoms with Crippen molar-refractivity contribution < 1.29 is 33.6 Å². The first-order valence-electron chi connectivity index (χ1n) is 14.0. The molecule has 0 spiro atoms. The molecule has 2 aliphatic rings. The SMILES string of the molecule is Cc1nc2ccc(-n3ncnc3[C@@H]3O[C@H](CO)[C@H](O)[C@H](n4cc(-c5cc(F)c(N6CCOCC6)c(F)c5)nn4)[C@H]3O)cc2s1. The van der Waals surface area contributed by atoms with Crippen LogP contribution in [0.2, 0.25) is 0 Å². The number of ether oxygens (including phenoxy) is 2. The molecule has 2 fully saturated rings. The maximum Gasteiger partial charge on any atom is 0.163 e. The quantitative estimate of drug-likeness (QED) is 0.253. The summed E-state index contributed by atoms with van der Waals surface area (Å²) in [6, 6.07) is 6.75. The van der Waals surface area contributed by atoms with E-state index in [0.29, 0.717) is 32.0 Å². The van der Waals surface area contributed by atoms with E-state index in [1.54, 1.807) is 4.90 Å². The van der Waals surface area contributed by atoms with Gasteiger partial charge < -0.3 is 29.7 Å². The molecule has 0 saturated carbocycles. The van der Waals surface area contributed by atoms with E-state index in [-0.39, 0.29) is 22.8 Å². The van der Waals surface area contributed by atoms with E-state index in [0.717, 1.165) is 15.2 Å². The van der Waals surface area contributed by atoms with E-state index in [9.17, 15) is 15.3 Å². The number of aliphatic hydroxyl groups excluding tert-OH is 3. The molecular weight excluding hydrogens is 598 g/mol. The first-order chi connectivity index (χ1) is 21.3. The van der Waals surface area contributed by atoms with Gasteiger partial charge in [-0.2, -0.15) is 5.10 Å². The number of benzene rings is 2. The van der Waals surface area contributed by atoms with Gasteiger partial charge in [-0.25, -0.2) is 28.1 Å². The summed E-state index contributed by atoms with van der Waals surface area (Å²) in [6.07, 6.45) is -2.42. The number of morpholine rings is 1. The first-order valence-corrected chi connectivity index (χ1v) is 14.8. The summed E-state index contributed by atoms with van der Waals surface area (Å²) in [5.74, 6) is -1.28. The van der Waals surface area contributed by atoms with Gasteiger partial charge in [0.2, 0.25) is 0 Å². The van der Waals surface area contributed by atoms with Gasteiger partial charge in [0.15, 0.2) is 5.82 Å². The minimum atomic E-state index is -1.43. The van der Waals surface area contributed by atoms with Crippen molar-refractivity contribution in [1.82, 2.24) is 34.7 Å². The highest BCUT2D eigenvalue weighted by Gasteiger charge is 2.48. The number of aryl methyl sites for hydroxylation is 1. The summed E-state index contributed by atoms with van der Waals surface area (Å²) in [7, 11) is 0. The lowest BCUT2D eigenvalue weighted by atomic mass is 9.92. The Labute approximate surface area is 252 Å². The molecule has 230 valence electrons. The third kappa shape index (κ3) is 5.02. The van der Waals surface area contributed by atoms with E-state index < -0.39 is 48.7 Å². The number of halogens is 2. The van der Waals surface area contributed by atoms with Gasteiger partial charge in [0.25, 0.3) is 0 Å². The molecule has 2 saturated heterocycles. The third-order valence-corrected chi connectivity index (χ3v) is 8.83. The molecule has 7 rings (SSSR count). The summed E-state index contributed by atoms with van der Waals surface area (Å²) in [5.41, 5.74) is 1.61. The fourth-order valence-corrected chi connectivity index (χ4v) is 6.65. The maximum absolute atomic E-state index is 15.1. The van der Waals surface area contributed by atoms with Crippen LogP contribution in [-0.2, 0) is 9.47 Å². The lowest BCUT2D eigenvalue weighted by Crippen LogP contribution is -2.53. The van der Waals surface area contributed by atoms with Crippen molar-refractivity contribution in [3.8, 4) is 16.9 Å². The predicted octanol–water partition coefficient (Wildman–Crippen LogP) is 1.95. The predicted molar refractivity (Wildman–Crippen MR) is 153 cm³/mol. The van der Waals surface area contributed by atoms with Gasteiger partial charge in [-0.1, -0.05) is 5.21 Å². The van der Waals surface area contributed by atoms with Crippen molar-refractivity contribution in [3.63, 3.8) is 0 Å². The van der Waals surface area contributed by atoms with Gasteiger partial charge in [0.1, 0.15) is 59.8 Å². The van der Waals surface area contributed by atoms with Gasteiger partial charge in [-0.15, -0.1) is 16.4 Å². The summed E-state index contributed by atoms with van der Waals surface area (Å²) in [6.45, 7) is 2.83. The zero-order valence-electron chi connectivity index (χ0n) is 23.4. The van der Waals surface area contributed by atoms with Crippen LogP contribution in [0.4, 0.5) is 14.5 Å². The lowest BCUT2D eigenvalue weighted by molar-refractivity contribution is -0.210. The number of aromatic nitrogens is 7. The van der Waals surface area contributed by atoms with Gasteiger partial charge >= 0.3 is 0 Å². The molecule has 3 aromatic heterocycles. The molecule has 0 bridgehead atoms. The number of fused-ring (bicyclic) bond motifs is 1. The number of hydrogen-bond donors (Lipinski definition) is 3. The van der Waals surface area contributed by atoms with E-state index in [4.69, 9.17) is 9.47 Å². The molecule has 13 nitrogen and oxygen atoms in total. The lowest BCUT2D eigenvalue weighted by Gasteiger charge is -2.41. The van der Waals surface area contributed by atoms with Gasteiger partial charge in [0, 0.05) is 18.7 Å². The normalized spacial score (nSPS) is 24.3. The van der Waals surface area contributed by atoms with Crippen LogP contribution >= 0.6 is 11.3 Å². The highest BCUT2D eigenvalue weighted by atomic mass is 32.1. The van der Waals surface area contributed by atoms with Crippen molar-refractivity contribution in [3.05, 3.63) is 65.3 Å². The van der Waals surface area contributed by atoms with Crippen LogP contribution in [0.15, 0.2) is 42.9 Å². The highest BCUT2D eigenvalue weighted by Crippen LogP contribution is 2.39. The zero-order chi connectivity index (χ0) is 30.5. The van der Waals surface area contributed by atoms with Crippen LogP contribution in [0.3, 0.4) is 0 Å². The molecule has 44 heavy (non-hydrogen) atoms. The second-order valence-electron chi connectivity index (χ2n) is 10.6. The Kier molecular flexibility index (Phi) is 7.55. The minimum Gasteiger partial charge on any atom is -0.394 e. The van der Waals surface area contributed by atoms with Crippen molar-refractivity contribution in [2.75, 3.05) is 37.8 Å². The fraction of sp³-hybridized carbons (Fsp3) is 0.393. The second kappa shape index (κ2) is 11.5. The average molecular weight is 627 g/mol. The van der Waals surface area contributed by atoms with Crippen LogP contribution in [0.5, 0.6) is 0 Å². The van der Waals surface area contributed by atoms with Crippen LogP contribution in [0, 0.1) is 18.6 Å². The molecule has 5 atom stereocenters. The van der Waals surface area contributed by atoms with Crippen molar-refractivity contribution >= 4 is 27.2 Å². The highest BCUT2D eigenvalue weighted by molar-refractivity contribution is 7.18. The molecule has 2 aliphatic heterocycles. The molecule has 3 N–H and O–H groups in total. The monoisotopic (exact) mass is 626 g/mol. The van der Waals surface area contributed by atoms with Crippen LogP contribution < -0.4 is 4.90 Å². The topological polar surface area (TPSA) is 157 Å². The number of aliphatic hydroxyl groups is 3. The van der Waals surface area contributed by atoms with Gasteiger partial charge in [-0.05, 0) is 37.3 Å². The van der Waals surface area contributed by atoms with E-state index in [1.807, 2.05) is 25.1 Å². The Balaban J connectivity index is 1.20. The summed E-state index contributed by atoms with van der Waals surface area (Å²) in [4.78, 5) is 10.4. The maximum atomic E-state index is 15.1. The molecule has 5 aromatic rings. The molecule has 0 aliphatic carbocycles. The van der Waals surface area contributed by atoms with Gasteiger partial charge in [-0.3, -0.25) is 0 Å². The van der Waals surface area contributed by atoms with Gasteiger partial charge in [0.05, 0.1) is 46.9 Å². The summed E-state index contributed by atoms with van der Waals surface area (Å²) < 4.78 is 45.1. The molecule has 0 unspecified atom stereocenters. The van der Waals surface area contributed by atoms with Crippen LogP contribution in [-0.4, -0.2) is 101 Å². The Bertz CT molecular complexity index is 1780. The number of thiazole rings is 1. The zero-order valence-corrected chi connectivity index (χ0v) is 24.2. The number of rotatable bonds is 6. The van der Waals surface area contributed by atoms with Crippen LogP contribution in [0.1, 0.15) is 23.0 Å². The van der Waals surface area contributed by atoms with E-state index >= 15 is 8.78 Å². The minimum absolute atomic E-state index is 0.121. The first kappa shape index (κ1) is 28.8. The molecule has 16 heteroatoms. The number of anilines is 1. The average Bonchev–Trinajstić information content (AvgIpc) is 3.77. The Morgan fingerprint density at radius 1 is 1.07 bits per heavy atom. The van der Waals surface area contributed by atoms with E-state index in [1.165, 1.54) is 45.4 Å². The molecular formula is C28H28F2N8O5S. The van der Waals surface area contributed by atoms with Crippen molar-refractivity contribution in [1.29, 1.82) is 0 Å². The third-order valence-electron chi connectivity index (χ3n) is 7.90. The number of hydrogen-bond acceptors (Lipinski definition) is 12. The smallest absolute Gasteiger partial charge is 0.163 e. The second-order valence-corrected chi connectivity index (χ2v) is 11.9. The summed E-state index contributed by atoms with van der Waals surface area (Å²) in [5, 5.41) is 46.1. The van der Waals surface area contributed by atoms with E-state index in [2.05, 4.69) is 25.4 Å². The Morgan fingerprint density at radius 3 is 2.59 bits per heavy atom.